The SMILES string of the molecule is Cc1ccc(S(=O)(=O)NCCCC(=O)N2CCc3ccccc3C2)cc1. The van der Waals surface area contributed by atoms with Crippen LogP contribution in [0.3, 0.4) is 0 Å². The van der Waals surface area contributed by atoms with Gasteiger partial charge in [-0.3, -0.25) is 4.79 Å². The molecule has 5 nitrogen and oxygen atoms in total. The number of nitrogens with one attached hydrogen (secondary N) is 1. The summed E-state index contributed by atoms with van der Waals surface area (Å²) in [5.41, 5.74) is 3.52. The summed E-state index contributed by atoms with van der Waals surface area (Å²) in [5.74, 6) is 0.0778. The summed E-state index contributed by atoms with van der Waals surface area (Å²) >= 11 is 0. The molecule has 0 fully saturated rings. The number of nitrogens with zero attached hydrogens (tertiary/aromatic N) is 1. The Kier molecular flexibility index (Phi) is 5.74. The normalized spacial score (nSPS) is 14.1. The van der Waals surface area contributed by atoms with Gasteiger partial charge in [0, 0.05) is 26.1 Å². The van der Waals surface area contributed by atoms with Crippen LogP contribution in [0.4, 0.5) is 0 Å². The molecule has 0 aromatic heterocycles. The molecule has 6 heteroatoms. The maximum atomic E-state index is 12.4. The first-order valence-corrected chi connectivity index (χ1v) is 10.3. The molecule has 3 rings (SSSR count). The van der Waals surface area contributed by atoms with Crippen molar-refractivity contribution in [1.82, 2.24) is 9.62 Å². The van der Waals surface area contributed by atoms with Crippen LogP contribution >= 0.6 is 0 Å². The molecule has 0 saturated heterocycles. The first-order chi connectivity index (χ1) is 12.5. The molecule has 0 bridgehead atoms. The number of benzene rings is 2. The highest BCUT2D eigenvalue weighted by Gasteiger charge is 2.20. The zero-order valence-corrected chi connectivity index (χ0v) is 15.8. The van der Waals surface area contributed by atoms with Crippen molar-refractivity contribution in [1.29, 1.82) is 0 Å². The predicted molar refractivity (Wildman–Crippen MR) is 101 cm³/mol. The van der Waals surface area contributed by atoms with Gasteiger partial charge in [-0.1, -0.05) is 42.0 Å². The van der Waals surface area contributed by atoms with Crippen molar-refractivity contribution in [2.24, 2.45) is 0 Å². The molecule has 1 N–H and O–H groups in total. The van der Waals surface area contributed by atoms with E-state index in [0.29, 0.717) is 19.4 Å². The number of carbonyl (C=O) groups is 1. The molecule has 26 heavy (non-hydrogen) atoms. The fraction of sp³-hybridized carbons (Fsp3) is 0.350. The number of fused-ring (bicyclic) bond motifs is 1. The van der Waals surface area contributed by atoms with Crippen LogP contribution in [-0.2, 0) is 27.8 Å². The first-order valence-electron chi connectivity index (χ1n) is 8.86. The molecule has 0 unspecified atom stereocenters. The zero-order chi connectivity index (χ0) is 18.6. The van der Waals surface area contributed by atoms with Crippen molar-refractivity contribution in [2.45, 2.75) is 37.6 Å². The molecule has 138 valence electrons. The Morgan fingerprint density at radius 2 is 1.77 bits per heavy atom. The van der Waals surface area contributed by atoms with Crippen LogP contribution in [-0.4, -0.2) is 32.3 Å². The molecular weight excluding hydrogens is 348 g/mol. The van der Waals surface area contributed by atoms with Gasteiger partial charge in [-0.15, -0.1) is 0 Å². The molecule has 0 radical (unpaired) electrons. The molecule has 0 spiro atoms. The second-order valence-corrected chi connectivity index (χ2v) is 8.42. The summed E-state index contributed by atoms with van der Waals surface area (Å²) in [6.07, 6.45) is 1.71. The van der Waals surface area contributed by atoms with Gasteiger partial charge in [0.1, 0.15) is 0 Å². The standard InChI is InChI=1S/C20H24N2O3S/c1-16-8-10-19(11-9-16)26(24,25)21-13-4-7-20(23)22-14-12-17-5-2-3-6-18(17)15-22/h2-3,5-6,8-11,21H,4,7,12-15H2,1H3. The molecule has 0 saturated carbocycles. The largest absolute Gasteiger partial charge is 0.338 e. The molecule has 1 amide bonds. The van der Waals surface area contributed by atoms with Gasteiger partial charge >= 0.3 is 0 Å². The summed E-state index contributed by atoms with van der Waals surface area (Å²) in [4.78, 5) is 14.5. The van der Waals surface area contributed by atoms with Crippen LogP contribution in [0.2, 0.25) is 0 Å². The van der Waals surface area contributed by atoms with E-state index in [4.69, 9.17) is 0 Å². The lowest BCUT2D eigenvalue weighted by Crippen LogP contribution is -2.36. The Balaban J connectivity index is 1.46. The van der Waals surface area contributed by atoms with Crippen LogP contribution < -0.4 is 4.72 Å². The van der Waals surface area contributed by atoms with Crippen LogP contribution in [0.25, 0.3) is 0 Å². The molecule has 1 aliphatic heterocycles. The van der Waals surface area contributed by atoms with E-state index in [0.717, 1.165) is 18.5 Å². The van der Waals surface area contributed by atoms with Gasteiger partial charge in [0.15, 0.2) is 0 Å². The maximum absolute atomic E-state index is 12.4. The van der Waals surface area contributed by atoms with Gasteiger partial charge in [0.25, 0.3) is 0 Å². The Morgan fingerprint density at radius 3 is 2.50 bits per heavy atom. The van der Waals surface area contributed by atoms with Gasteiger partial charge in [0.2, 0.25) is 15.9 Å². The van der Waals surface area contributed by atoms with Crippen LogP contribution in [0, 0.1) is 6.92 Å². The van der Waals surface area contributed by atoms with Crippen molar-refractivity contribution in [2.75, 3.05) is 13.1 Å². The Hall–Kier alpha value is -2.18. The lowest BCUT2D eigenvalue weighted by atomic mass is 9.99. The van der Waals surface area contributed by atoms with Gasteiger partial charge in [-0.2, -0.15) is 0 Å². The van der Waals surface area contributed by atoms with E-state index >= 15 is 0 Å². The number of rotatable bonds is 6. The van der Waals surface area contributed by atoms with E-state index in [2.05, 4.69) is 16.9 Å². The minimum atomic E-state index is -3.51. The van der Waals surface area contributed by atoms with Crippen molar-refractivity contribution in [3.63, 3.8) is 0 Å². The lowest BCUT2D eigenvalue weighted by molar-refractivity contribution is -0.132. The smallest absolute Gasteiger partial charge is 0.240 e. The van der Waals surface area contributed by atoms with E-state index in [9.17, 15) is 13.2 Å². The van der Waals surface area contributed by atoms with Gasteiger partial charge in [-0.25, -0.2) is 13.1 Å². The average molecular weight is 372 g/mol. The summed E-state index contributed by atoms with van der Waals surface area (Å²) in [5, 5.41) is 0. The predicted octanol–water partition coefficient (Wildman–Crippen LogP) is 2.64. The summed E-state index contributed by atoms with van der Waals surface area (Å²) in [7, 11) is -3.51. The van der Waals surface area contributed by atoms with Gasteiger partial charge in [-0.05, 0) is 43.0 Å². The average Bonchev–Trinajstić information content (AvgIpc) is 2.65. The van der Waals surface area contributed by atoms with Crippen molar-refractivity contribution in [3.05, 3.63) is 65.2 Å². The Labute approximate surface area is 155 Å². The third-order valence-electron chi connectivity index (χ3n) is 4.67. The highest BCUT2D eigenvalue weighted by Crippen LogP contribution is 2.19. The third kappa shape index (κ3) is 4.51. The summed E-state index contributed by atoms with van der Waals surface area (Å²) < 4.78 is 27.0. The van der Waals surface area contributed by atoms with Crippen LogP contribution in [0.15, 0.2) is 53.4 Å². The van der Waals surface area contributed by atoms with Crippen molar-refractivity contribution >= 4 is 15.9 Å². The number of amides is 1. The maximum Gasteiger partial charge on any atom is 0.240 e. The number of aryl methyl sites for hydroxylation is 1. The molecular formula is C20H24N2O3S. The molecule has 0 aliphatic carbocycles. The topological polar surface area (TPSA) is 66.5 Å². The molecule has 1 aliphatic rings. The van der Waals surface area contributed by atoms with Gasteiger partial charge < -0.3 is 4.90 Å². The molecule has 2 aromatic carbocycles. The van der Waals surface area contributed by atoms with E-state index in [1.807, 2.05) is 24.0 Å². The minimum absolute atomic E-state index is 0.0778. The number of hydrogen-bond acceptors (Lipinski definition) is 3. The summed E-state index contributed by atoms with van der Waals surface area (Å²) in [6.45, 7) is 3.54. The van der Waals surface area contributed by atoms with E-state index in [1.54, 1.807) is 24.3 Å². The molecule has 1 heterocycles. The second kappa shape index (κ2) is 8.01. The minimum Gasteiger partial charge on any atom is -0.338 e. The highest BCUT2D eigenvalue weighted by molar-refractivity contribution is 7.89. The zero-order valence-electron chi connectivity index (χ0n) is 14.9. The summed E-state index contributed by atoms with van der Waals surface area (Å²) in [6, 6.07) is 14.9. The lowest BCUT2D eigenvalue weighted by Gasteiger charge is -2.29. The van der Waals surface area contributed by atoms with Crippen LogP contribution in [0.1, 0.15) is 29.5 Å². The fourth-order valence-corrected chi connectivity index (χ4v) is 4.19. The highest BCUT2D eigenvalue weighted by atomic mass is 32.2. The van der Waals surface area contributed by atoms with Crippen LogP contribution in [0.5, 0.6) is 0 Å². The fourth-order valence-electron chi connectivity index (χ4n) is 3.11. The Morgan fingerprint density at radius 1 is 1.08 bits per heavy atom. The first kappa shape index (κ1) is 18.6. The second-order valence-electron chi connectivity index (χ2n) is 6.65. The number of hydrogen-bond donors (Lipinski definition) is 1. The van der Waals surface area contributed by atoms with E-state index in [1.165, 1.54) is 11.1 Å². The van der Waals surface area contributed by atoms with Crippen molar-refractivity contribution in [3.8, 4) is 0 Å². The molecule has 0 atom stereocenters. The van der Waals surface area contributed by atoms with Gasteiger partial charge in [0.05, 0.1) is 4.90 Å². The monoisotopic (exact) mass is 372 g/mol. The quantitative estimate of drug-likeness (QED) is 0.793. The third-order valence-corrected chi connectivity index (χ3v) is 6.15. The number of sulfonamides is 1. The number of carbonyl (C=O) groups excluding carboxylic acids is 1. The van der Waals surface area contributed by atoms with E-state index < -0.39 is 10.0 Å². The molecule has 2 aromatic rings. The van der Waals surface area contributed by atoms with Crippen molar-refractivity contribution < 1.29 is 13.2 Å². The Bertz CT molecular complexity index is 876. The van der Waals surface area contributed by atoms with E-state index in [-0.39, 0.29) is 17.3 Å².